The fraction of sp³-hybridized carbons (Fsp3) is 0.417. The average Bonchev–Trinajstić information content (AvgIpc) is 2.55. The van der Waals surface area contributed by atoms with Gasteiger partial charge in [0.05, 0.1) is 5.69 Å². The van der Waals surface area contributed by atoms with Crippen LogP contribution < -0.4 is 10.9 Å². The number of aliphatic imine (C=N–C) groups is 1. The third-order valence-electron chi connectivity index (χ3n) is 2.55. The van der Waals surface area contributed by atoms with E-state index in [1.54, 1.807) is 0 Å². The molecule has 0 unspecified atom stereocenters. The molecule has 0 aliphatic carbocycles. The summed E-state index contributed by atoms with van der Waals surface area (Å²) in [7, 11) is 0. The molecule has 2 N–H and O–H groups in total. The smallest absolute Gasteiger partial charge is 0.115 e. The molecule has 0 atom stereocenters. The Morgan fingerprint density at radius 2 is 2.00 bits per heavy atom. The molecule has 0 radical (unpaired) electrons. The highest BCUT2D eigenvalue weighted by atomic mass is 35.5. The van der Waals surface area contributed by atoms with Crippen LogP contribution in [-0.2, 0) is 0 Å². The second-order valence-corrected chi connectivity index (χ2v) is 4.34. The number of nitrogens with zero attached hydrogens (tertiary/aromatic N) is 1. The van der Waals surface area contributed by atoms with E-state index in [0.29, 0.717) is 0 Å². The van der Waals surface area contributed by atoms with Gasteiger partial charge in [0.1, 0.15) is 5.84 Å². The monoisotopic (exact) mass is 273 g/mol. The second kappa shape index (κ2) is 7.41. The minimum Gasteiger partial charge on any atom is -0.300 e. The van der Waals surface area contributed by atoms with E-state index in [4.69, 9.17) is 11.6 Å². The van der Waals surface area contributed by atoms with Crippen LogP contribution in [0.15, 0.2) is 29.3 Å². The summed E-state index contributed by atoms with van der Waals surface area (Å²) in [6, 6.07) is 7.62. The summed E-state index contributed by atoms with van der Waals surface area (Å²) in [5, 5.41) is 0.731. The van der Waals surface area contributed by atoms with Crippen LogP contribution in [0, 0.1) is 0 Å². The zero-order valence-electron chi connectivity index (χ0n) is 9.58. The van der Waals surface area contributed by atoms with Crippen molar-refractivity contribution in [2.24, 2.45) is 4.99 Å². The van der Waals surface area contributed by atoms with Crippen molar-refractivity contribution in [1.29, 1.82) is 0 Å². The van der Waals surface area contributed by atoms with Gasteiger partial charge in [-0.1, -0.05) is 24.1 Å². The summed E-state index contributed by atoms with van der Waals surface area (Å²) in [5.74, 6) is 1.04. The summed E-state index contributed by atoms with van der Waals surface area (Å²) < 4.78 is 0. The van der Waals surface area contributed by atoms with Crippen molar-refractivity contribution in [1.82, 2.24) is 5.43 Å². The summed E-state index contributed by atoms with van der Waals surface area (Å²) in [6.07, 6.45) is 4.70. The Labute approximate surface area is 113 Å². The normalized spacial score (nSPS) is 15.2. The van der Waals surface area contributed by atoms with Crippen LogP contribution in [0.3, 0.4) is 0 Å². The van der Waals surface area contributed by atoms with Crippen LogP contribution in [0.1, 0.15) is 25.7 Å². The lowest BCUT2D eigenvalue weighted by Gasteiger charge is -2.11. The number of rotatable bonds is 2. The van der Waals surface area contributed by atoms with Gasteiger partial charge in [0.15, 0.2) is 0 Å². The Morgan fingerprint density at radius 1 is 1.12 bits per heavy atom. The Kier molecular flexibility index (Phi) is 6.16. The number of benzene rings is 1. The fourth-order valence-electron chi connectivity index (χ4n) is 1.69. The van der Waals surface area contributed by atoms with E-state index in [2.05, 4.69) is 15.8 Å². The number of hydrogen-bond acceptors (Lipinski definition) is 3. The van der Waals surface area contributed by atoms with Crippen LogP contribution >= 0.6 is 24.0 Å². The third-order valence-corrected chi connectivity index (χ3v) is 2.79. The fourth-order valence-corrected chi connectivity index (χ4v) is 1.88. The molecule has 94 valence electrons. The van der Waals surface area contributed by atoms with E-state index in [1.165, 1.54) is 19.3 Å². The van der Waals surface area contributed by atoms with Crippen molar-refractivity contribution in [2.45, 2.75) is 25.7 Å². The lowest BCUT2D eigenvalue weighted by atomic mass is 10.2. The van der Waals surface area contributed by atoms with Gasteiger partial charge in [-0.3, -0.25) is 15.8 Å². The molecule has 1 aromatic carbocycles. The number of hydrogen-bond donors (Lipinski definition) is 2. The molecule has 1 aliphatic heterocycles. The van der Waals surface area contributed by atoms with E-state index in [1.807, 2.05) is 24.3 Å². The first kappa shape index (κ1) is 14.1. The molecule has 2 rings (SSSR count). The van der Waals surface area contributed by atoms with Crippen LogP contribution in [0.2, 0.25) is 5.02 Å². The van der Waals surface area contributed by atoms with E-state index in [0.717, 1.165) is 29.5 Å². The zero-order chi connectivity index (χ0) is 11.2. The third kappa shape index (κ3) is 4.84. The molecule has 0 saturated heterocycles. The molecule has 1 aromatic rings. The minimum atomic E-state index is 0. The largest absolute Gasteiger partial charge is 0.300 e. The van der Waals surface area contributed by atoms with Crippen molar-refractivity contribution < 1.29 is 0 Å². The molecule has 17 heavy (non-hydrogen) atoms. The number of hydrazine groups is 1. The summed E-state index contributed by atoms with van der Waals surface area (Å²) in [6.45, 7) is 0.930. The molecule has 1 heterocycles. The predicted octanol–water partition coefficient (Wildman–Crippen LogP) is 3.65. The zero-order valence-corrected chi connectivity index (χ0v) is 11.2. The van der Waals surface area contributed by atoms with Crippen molar-refractivity contribution in [3.05, 3.63) is 29.3 Å². The number of amidine groups is 1. The molecule has 0 aromatic heterocycles. The van der Waals surface area contributed by atoms with E-state index < -0.39 is 0 Å². The molecule has 0 bridgehead atoms. The van der Waals surface area contributed by atoms with E-state index in [9.17, 15) is 0 Å². The van der Waals surface area contributed by atoms with Crippen LogP contribution in [-0.4, -0.2) is 12.4 Å². The molecule has 0 amide bonds. The summed E-state index contributed by atoms with van der Waals surface area (Å²) in [5.41, 5.74) is 7.22. The lowest BCUT2D eigenvalue weighted by molar-refractivity contribution is 0.729. The quantitative estimate of drug-likeness (QED) is 0.807. The average molecular weight is 274 g/mol. The molecule has 0 spiro atoms. The molecular formula is C12H17Cl2N3. The standard InChI is InChI=1S/C12H16ClN3.ClH/c13-10-5-4-6-11(9-10)15-16-12-7-2-1-3-8-14-12;/h4-6,9,15H,1-3,7-8H2,(H,14,16);1H. The topological polar surface area (TPSA) is 36.4 Å². The van der Waals surface area contributed by atoms with Gasteiger partial charge in [0.2, 0.25) is 0 Å². The van der Waals surface area contributed by atoms with Crippen molar-refractivity contribution in [3.63, 3.8) is 0 Å². The summed E-state index contributed by atoms with van der Waals surface area (Å²) >= 11 is 5.89. The first-order valence-corrected chi connectivity index (χ1v) is 6.03. The maximum Gasteiger partial charge on any atom is 0.115 e. The molecule has 3 nitrogen and oxygen atoms in total. The Morgan fingerprint density at radius 3 is 2.82 bits per heavy atom. The number of nitrogens with one attached hydrogen (secondary N) is 2. The van der Waals surface area contributed by atoms with Gasteiger partial charge >= 0.3 is 0 Å². The first-order chi connectivity index (χ1) is 7.84. The summed E-state index contributed by atoms with van der Waals surface area (Å²) in [4.78, 5) is 4.47. The molecule has 0 fully saturated rings. The van der Waals surface area contributed by atoms with Crippen LogP contribution in [0.25, 0.3) is 0 Å². The number of halogens is 2. The highest BCUT2D eigenvalue weighted by Gasteiger charge is 2.03. The highest BCUT2D eigenvalue weighted by molar-refractivity contribution is 6.30. The van der Waals surface area contributed by atoms with Crippen molar-refractivity contribution >= 4 is 35.5 Å². The molecule has 0 saturated carbocycles. The van der Waals surface area contributed by atoms with Gasteiger partial charge in [-0.15, -0.1) is 12.4 Å². The lowest BCUT2D eigenvalue weighted by Crippen LogP contribution is -2.29. The van der Waals surface area contributed by atoms with Crippen LogP contribution in [0.5, 0.6) is 0 Å². The highest BCUT2D eigenvalue weighted by Crippen LogP contribution is 2.14. The van der Waals surface area contributed by atoms with Gasteiger partial charge in [0, 0.05) is 18.0 Å². The SMILES string of the molecule is Cl.Clc1cccc(NNC2=NCCCCC2)c1. The Balaban J connectivity index is 0.00000144. The first-order valence-electron chi connectivity index (χ1n) is 5.65. The van der Waals surface area contributed by atoms with Gasteiger partial charge in [-0.2, -0.15) is 0 Å². The van der Waals surface area contributed by atoms with Gasteiger partial charge in [-0.05, 0) is 31.0 Å². The van der Waals surface area contributed by atoms with Crippen LogP contribution in [0.4, 0.5) is 5.69 Å². The minimum absolute atomic E-state index is 0. The molecular weight excluding hydrogens is 257 g/mol. The number of anilines is 1. The second-order valence-electron chi connectivity index (χ2n) is 3.90. The van der Waals surface area contributed by atoms with Gasteiger partial charge < -0.3 is 0 Å². The Bertz CT molecular complexity index is 380. The maximum absolute atomic E-state index is 5.89. The van der Waals surface area contributed by atoms with Crippen molar-refractivity contribution in [2.75, 3.05) is 12.0 Å². The van der Waals surface area contributed by atoms with E-state index in [-0.39, 0.29) is 12.4 Å². The molecule has 1 aliphatic rings. The van der Waals surface area contributed by atoms with Gasteiger partial charge in [-0.25, -0.2) is 0 Å². The molecule has 5 heteroatoms. The predicted molar refractivity (Wildman–Crippen MR) is 76.2 cm³/mol. The van der Waals surface area contributed by atoms with E-state index >= 15 is 0 Å². The van der Waals surface area contributed by atoms with Gasteiger partial charge in [0.25, 0.3) is 0 Å². The van der Waals surface area contributed by atoms with Crippen molar-refractivity contribution in [3.8, 4) is 0 Å². The maximum atomic E-state index is 5.89. The Hall–Kier alpha value is -0.930.